The summed E-state index contributed by atoms with van der Waals surface area (Å²) in [5.74, 6) is 0. The van der Waals surface area contributed by atoms with Crippen molar-refractivity contribution in [3.63, 3.8) is 0 Å². The van der Waals surface area contributed by atoms with Gasteiger partial charge in [-0.05, 0) is 13.3 Å². The Hall–Kier alpha value is -0.870. The van der Waals surface area contributed by atoms with Crippen LogP contribution >= 0.6 is 0 Å². The highest BCUT2D eigenvalue weighted by molar-refractivity contribution is 5.09. The number of hydrogen-bond donors (Lipinski definition) is 2. The van der Waals surface area contributed by atoms with E-state index in [1.165, 1.54) is 5.56 Å². The summed E-state index contributed by atoms with van der Waals surface area (Å²) >= 11 is 0. The van der Waals surface area contributed by atoms with E-state index in [9.17, 15) is 0 Å². The van der Waals surface area contributed by atoms with E-state index >= 15 is 0 Å². The zero-order chi connectivity index (χ0) is 10.6. The van der Waals surface area contributed by atoms with Crippen LogP contribution in [-0.4, -0.2) is 27.5 Å². The van der Waals surface area contributed by atoms with Gasteiger partial charge in [0.15, 0.2) is 0 Å². The van der Waals surface area contributed by atoms with E-state index in [-0.39, 0.29) is 6.10 Å². The standard InChI is InChI=1S/C10H19N3O/c1-4-10(11-5-8(2)14)9-6-12-13(3)7-9/h6-8,10-11,14H,4-5H2,1-3H3/t8-,10?/m1/s1. The summed E-state index contributed by atoms with van der Waals surface area (Å²) in [7, 11) is 1.91. The summed E-state index contributed by atoms with van der Waals surface area (Å²) in [6.45, 7) is 4.52. The van der Waals surface area contributed by atoms with Gasteiger partial charge in [-0.15, -0.1) is 0 Å². The molecule has 2 atom stereocenters. The smallest absolute Gasteiger partial charge is 0.0636 e. The summed E-state index contributed by atoms with van der Waals surface area (Å²) in [5, 5.41) is 16.6. The van der Waals surface area contributed by atoms with Crippen molar-refractivity contribution < 1.29 is 5.11 Å². The molecule has 0 saturated carbocycles. The number of rotatable bonds is 5. The van der Waals surface area contributed by atoms with Gasteiger partial charge in [0.25, 0.3) is 0 Å². The molecule has 0 amide bonds. The van der Waals surface area contributed by atoms with Gasteiger partial charge in [0, 0.05) is 31.4 Å². The van der Waals surface area contributed by atoms with Crippen molar-refractivity contribution >= 4 is 0 Å². The zero-order valence-corrected chi connectivity index (χ0v) is 9.07. The maximum Gasteiger partial charge on any atom is 0.0636 e. The number of nitrogens with one attached hydrogen (secondary N) is 1. The molecule has 0 saturated heterocycles. The number of hydrogen-bond acceptors (Lipinski definition) is 3. The second-order valence-corrected chi connectivity index (χ2v) is 3.67. The van der Waals surface area contributed by atoms with Crippen LogP contribution in [-0.2, 0) is 7.05 Å². The van der Waals surface area contributed by atoms with Crippen LogP contribution in [0.3, 0.4) is 0 Å². The third kappa shape index (κ3) is 3.12. The number of aliphatic hydroxyl groups is 1. The van der Waals surface area contributed by atoms with Gasteiger partial charge in [0.1, 0.15) is 0 Å². The van der Waals surface area contributed by atoms with Crippen LogP contribution in [0.25, 0.3) is 0 Å². The molecule has 2 N–H and O–H groups in total. The first-order valence-electron chi connectivity index (χ1n) is 5.03. The van der Waals surface area contributed by atoms with E-state index in [1.54, 1.807) is 11.6 Å². The molecule has 0 aliphatic heterocycles. The van der Waals surface area contributed by atoms with E-state index in [4.69, 9.17) is 5.11 Å². The lowest BCUT2D eigenvalue weighted by molar-refractivity contribution is 0.185. The molecule has 0 radical (unpaired) electrons. The van der Waals surface area contributed by atoms with Gasteiger partial charge in [0.2, 0.25) is 0 Å². The van der Waals surface area contributed by atoms with E-state index in [0.717, 1.165) is 6.42 Å². The molecule has 0 fully saturated rings. The third-order valence-electron chi connectivity index (χ3n) is 2.20. The van der Waals surface area contributed by atoms with Crippen LogP contribution < -0.4 is 5.32 Å². The molecule has 1 aromatic heterocycles. The average Bonchev–Trinajstić information content (AvgIpc) is 2.53. The van der Waals surface area contributed by atoms with Crippen molar-refractivity contribution in [3.05, 3.63) is 18.0 Å². The quantitative estimate of drug-likeness (QED) is 0.735. The molecule has 0 spiro atoms. The third-order valence-corrected chi connectivity index (χ3v) is 2.20. The monoisotopic (exact) mass is 197 g/mol. The molecule has 0 aliphatic rings. The summed E-state index contributed by atoms with van der Waals surface area (Å²) in [6, 6.07) is 0.290. The molecule has 1 heterocycles. The molecule has 14 heavy (non-hydrogen) atoms. The molecule has 0 bridgehead atoms. The molecule has 0 aromatic carbocycles. The summed E-state index contributed by atoms with van der Waals surface area (Å²) < 4.78 is 1.79. The van der Waals surface area contributed by atoms with Crippen LogP contribution in [0.2, 0.25) is 0 Å². The highest BCUT2D eigenvalue weighted by atomic mass is 16.3. The van der Waals surface area contributed by atoms with Crippen LogP contribution in [0, 0.1) is 0 Å². The van der Waals surface area contributed by atoms with Crippen molar-refractivity contribution in [3.8, 4) is 0 Å². The predicted octanol–water partition coefficient (Wildman–Crippen LogP) is 0.842. The lowest BCUT2D eigenvalue weighted by Crippen LogP contribution is -2.28. The second-order valence-electron chi connectivity index (χ2n) is 3.67. The Labute approximate surface area is 84.9 Å². The Morgan fingerprint density at radius 2 is 2.36 bits per heavy atom. The first kappa shape index (κ1) is 11.2. The summed E-state index contributed by atoms with van der Waals surface area (Å²) in [6.07, 6.45) is 4.56. The average molecular weight is 197 g/mol. The molecule has 4 nitrogen and oxygen atoms in total. The Morgan fingerprint density at radius 3 is 2.79 bits per heavy atom. The minimum Gasteiger partial charge on any atom is -0.392 e. The van der Waals surface area contributed by atoms with Crippen LogP contribution in [0.15, 0.2) is 12.4 Å². The molecular weight excluding hydrogens is 178 g/mol. The Bertz CT molecular complexity index is 270. The van der Waals surface area contributed by atoms with E-state index in [0.29, 0.717) is 12.6 Å². The van der Waals surface area contributed by atoms with Crippen molar-refractivity contribution in [1.82, 2.24) is 15.1 Å². The van der Waals surface area contributed by atoms with Gasteiger partial charge in [-0.3, -0.25) is 4.68 Å². The van der Waals surface area contributed by atoms with E-state index in [2.05, 4.69) is 17.3 Å². The number of aryl methyl sites for hydroxylation is 1. The van der Waals surface area contributed by atoms with Crippen molar-refractivity contribution in [2.45, 2.75) is 32.4 Å². The molecule has 1 aromatic rings. The van der Waals surface area contributed by atoms with Crippen molar-refractivity contribution in [2.24, 2.45) is 7.05 Å². The topological polar surface area (TPSA) is 50.1 Å². The molecular formula is C10H19N3O. The van der Waals surface area contributed by atoms with Gasteiger partial charge in [-0.25, -0.2) is 0 Å². The fourth-order valence-corrected chi connectivity index (χ4v) is 1.43. The lowest BCUT2D eigenvalue weighted by Gasteiger charge is -2.16. The van der Waals surface area contributed by atoms with Gasteiger partial charge in [-0.1, -0.05) is 6.92 Å². The highest BCUT2D eigenvalue weighted by Crippen LogP contribution is 2.14. The Kier molecular flexibility index (Phi) is 4.10. The number of aliphatic hydroxyl groups excluding tert-OH is 1. The fourth-order valence-electron chi connectivity index (χ4n) is 1.43. The van der Waals surface area contributed by atoms with Gasteiger partial charge in [-0.2, -0.15) is 5.10 Å². The molecule has 0 aliphatic carbocycles. The molecule has 80 valence electrons. The summed E-state index contributed by atoms with van der Waals surface area (Å²) in [4.78, 5) is 0. The van der Waals surface area contributed by atoms with Gasteiger partial charge < -0.3 is 10.4 Å². The largest absolute Gasteiger partial charge is 0.392 e. The van der Waals surface area contributed by atoms with Crippen LogP contribution in [0.4, 0.5) is 0 Å². The Balaban J connectivity index is 2.54. The van der Waals surface area contributed by atoms with Crippen molar-refractivity contribution in [2.75, 3.05) is 6.54 Å². The van der Waals surface area contributed by atoms with Gasteiger partial charge >= 0.3 is 0 Å². The van der Waals surface area contributed by atoms with Crippen LogP contribution in [0.5, 0.6) is 0 Å². The fraction of sp³-hybridized carbons (Fsp3) is 0.700. The minimum absolute atomic E-state index is 0.290. The maximum atomic E-state index is 9.17. The SMILES string of the molecule is CCC(NC[C@@H](C)O)c1cnn(C)c1. The highest BCUT2D eigenvalue weighted by Gasteiger charge is 2.10. The minimum atomic E-state index is -0.305. The first-order valence-corrected chi connectivity index (χ1v) is 5.03. The lowest BCUT2D eigenvalue weighted by atomic mass is 10.1. The molecule has 4 heteroatoms. The second kappa shape index (κ2) is 5.12. The summed E-state index contributed by atoms with van der Waals surface area (Å²) in [5.41, 5.74) is 1.18. The molecule has 1 unspecified atom stereocenters. The predicted molar refractivity (Wildman–Crippen MR) is 55.9 cm³/mol. The number of nitrogens with zero attached hydrogens (tertiary/aromatic N) is 2. The molecule has 1 rings (SSSR count). The Morgan fingerprint density at radius 1 is 1.64 bits per heavy atom. The van der Waals surface area contributed by atoms with E-state index < -0.39 is 0 Å². The normalized spacial score (nSPS) is 15.4. The van der Waals surface area contributed by atoms with Crippen molar-refractivity contribution in [1.29, 1.82) is 0 Å². The van der Waals surface area contributed by atoms with Crippen LogP contribution in [0.1, 0.15) is 31.9 Å². The maximum absolute atomic E-state index is 9.17. The van der Waals surface area contributed by atoms with Gasteiger partial charge in [0.05, 0.1) is 12.3 Å². The zero-order valence-electron chi connectivity index (χ0n) is 9.07. The number of aromatic nitrogens is 2. The van der Waals surface area contributed by atoms with E-state index in [1.807, 2.05) is 19.4 Å². The first-order chi connectivity index (χ1) is 6.63.